The molecule has 0 heterocycles. The van der Waals surface area contributed by atoms with Gasteiger partial charge in [0.1, 0.15) is 0 Å². The molecule has 2 aromatic carbocycles. The van der Waals surface area contributed by atoms with E-state index in [1.54, 1.807) is 23.9 Å². The molecule has 0 radical (unpaired) electrons. The quantitative estimate of drug-likeness (QED) is 0.326. The van der Waals surface area contributed by atoms with Gasteiger partial charge in [0, 0.05) is 21.9 Å². The third-order valence-corrected chi connectivity index (χ3v) is 4.27. The second-order valence-electron chi connectivity index (χ2n) is 5.09. The fourth-order valence-corrected chi connectivity index (χ4v) is 2.91. The number of para-hydroxylation sites is 1. The first-order valence-corrected chi connectivity index (χ1v) is 10.2. The molecule has 2 rings (SSSR count). The molecule has 0 saturated carbocycles. The van der Waals surface area contributed by atoms with Crippen molar-refractivity contribution in [3.63, 3.8) is 0 Å². The van der Waals surface area contributed by atoms with E-state index in [-0.39, 0.29) is 5.91 Å². The zero-order chi connectivity index (χ0) is 21.9. The molecule has 2 aromatic rings. The Morgan fingerprint density at radius 2 is 1.66 bits per heavy atom. The van der Waals surface area contributed by atoms with Gasteiger partial charge in [-0.1, -0.05) is 87.3 Å². The number of allylic oxidation sites excluding steroid dienone is 2. The van der Waals surface area contributed by atoms with Crippen LogP contribution in [-0.4, -0.2) is 18.9 Å². The van der Waals surface area contributed by atoms with E-state index in [2.05, 4.69) is 23.8 Å². The van der Waals surface area contributed by atoms with Crippen molar-refractivity contribution in [2.45, 2.75) is 30.6 Å². The van der Waals surface area contributed by atoms with E-state index in [1.165, 1.54) is 6.08 Å². The normalized spacial score (nSPS) is 9.55. The molecular weight excluding hydrogens is 380 g/mol. The van der Waals surface area contributed by atoms with Gasteiger partial charge in [0.2, 0.25) is 6.41 Å². The summed E-state index contributed by atoms with van der Waals surface area (Å²) in [5.41, 5.74) is 1.38. The number of carbonyl (C=O) groups is 2. The predicted molar refractivity (Wildman–Crippen MR) is 125 cm³/mol. The lowest BCUT2D eigenvalue weighted by Crippen LogP contribution is -2.23. The fraction of sp³-hybridized carbons (Fsp3) is 0.167. The maximum absolute atomic E-state index is 11.1. The summed E-state index contributed by atoms with van der Waals surface area (Å²) in [6.45, 7) is 13.5. The molecule has 4 nitrogen and oxygen atoms in total. The summed E-state index contributed by atoms with van der Waals surface area (Å²) in [5.74, 6) is -0.109. The van der Waals surface area contributed by atoms with Gasteiger partial charge in [0.05, 0.1) is 5.69 Å². The minimum atomic E-state index is -0.109. The van der Waals surface area contributed by atoms with Crippen molar-refractivity contribution >= 4 is 29.8 Å². The lowest BCUT2D eigenvalue weighted by molar-refractivity contribution is -0.117. The first-order valence-electron chi connectivity index (χ1n) is 9.41. The maximum atomic E-state index is 11.1. The Bertz CT molecular complexity index is 786. The van der Waals surface area contributed by atoms with Gasteiger partial charge in [-0.25, -0.2) is 0 Å². The van der Waals surface area contributed by atoms with Gasteiger partial charge in [-0.15, -0.1) is 0 Å². The van der Waals surface area contributed by atoms with Crippen LogP contribution in [0.1, 0.15) is 20.8 Å². The van der Waals surface area contributed by atoms with Crippen LogP contribution in [0.2, 0.25) is 0 Å². The number of likely N-dealkylation sites (N-methyl/N-ethyl adjacent to an activating group) is 1. The van der Waals surface area contributed by atoms with Crippen LogP contribution in [0, 0.1) is 0 Å². The number of hydrogen-bond donors (Lipinski definition) is 2. The summed E-state index contributed by atoms with van der Waals surface area (Å²) >= 11 is 1.63. The average molecular weight is 411 g/mol. The predicted octanol–water partition coefficient (Wildman–Crippen LogP) is 5.85. The molecule has 154 valence electrons. The van der Waals surface area contributed by atoms with Crippen LogP contribution in [0.15, 0.2) is 101 Å². The van der Waals surface area contributed by atoms with Crippen molar-refractivity contribution < 1.29 is 9.59 Å². The lowest BCUT2D eigenvalue weighted by atomic mass is 10.2. The number of benzene rings is 2. The largest absolute Gasteiger partial charge is 0.352 e. The van der Waals surface area contributed by atoms with Gasteiger partial charge in [0.25, 0.3) is 5.91 Å². The van der Waals surface area contributed by atoms with Crippen LogP contribution < -0.4 is 10.6 Å². The molecule has 0 aromatic heterocycles. The van der Waals surface area contributed by atoms with Crippen molar-refractivity contribution in [2.24, 2.45) is 0 Å². The number of nitrogens with one attached hydrogen (secondary N) is 2. The lowest BCUT2D eigenvalue weighted by Gasteiger charge is -2.07. The molecule has 29 heavy (non-hydrogen) atoms. The van der Waals surface area contributed by atoms with Crippen LogP contribution in [-0.2, 0) is 9.59 Å². The molecule has 5 heteroatoms. The molecule has 2 N–H and O–H groups in total. The van der Waals surface area contributed by atoms with E-state index in [4.69, 9.17) is 0 Å². The van der Waals surface area contributed by atoms with Crippen molar-refractivity contribution in [1.29, 1.82) is 0 Å². The smallest absolute Gasteiger partial charge is 0.251 e. The molecule has 0 saturated heterocycles. The van der Waals surface area contributed by atoms with Crippen LogP contribution in [0.3, 0.4) is 0 Å². The third-order valence-electron chi connectivity index (χ3n) is 3.19. The highest BCUT2D eigenvalue weighted by molar-refractivity contribution is 7.99. The van der Waals surface area contributed by atoms with Crippen LogP contribution in [0.4, 0.5) is 5.69 Å². The Labute approximate surface area is 178 Å². The first kappa shape index (κ1) is 25.9. The van der Waals surface area contributed by atoms with Gasteiger partial charge >= 0.3 is 0 Å². The summed E-state index contributed by atoms with van der Waals surface area (Å²) in [6, 6.07) is 17.8. The Balaban J connectivity index is 0.000000532. The maximum Gasteiger partial charge on any atom is 0.251 e. The van der Waals surface area contributed by atoms with Crippen LogP contribution >= 0.6 is 11.8 Å². The molecule has 2 amide bonds. The van der Waals surface area contributed by atoms with E-state index >= 15 is 0 Å². The molecular formula is C24H30N2O2S. The molecule has 0 aliphatic carbocycles. The molecule has 0 fully saturated rings. The van der Waals surface area contributed by atoms with Crippen molar-refractivity contribution in [1.82, 2.24) is 5.32 Å². The second kappa shape index (κ2) is 17.1. The van der Waals surface area contributed by atoms with E-state index < -0.39 is 0 Å². The molecule has 0 aliphatic rings. The van der Waals surface area contributed by atoms with Crippen LogP contribution in [0.25, 0.3) is 0 Å². The van der Waals surface area contributed by atoms with Crippen molar-refractivity contribution in [3.8, 4) is 0 Å². The van der Waals surface area contributed by atoms with E-state index in [1.807, 2.05) is 75.4 Å². The van der Waals surface area contributed by atoms with E-state index in [0.29, 0.717) is 18.5 Å². The molecule has 0 spiro atoms. The summed E-state index contributed by atoms with van der Waals surface area (Å²) in [4.78, 5) is 23.7. The summed E-state index contributed by atoms with van der Waals surface area (Å²) in [5, 5.41) is 5.35. The van der Waals surface area contributed by atoms with Gasteiger partial charge in [0.15, 0.2) is 0 Å². The highest BCUT2D eigenvalue weighted by Crippen LogP contribution is 2.32. The number of amides is 2. The molecule has 0 bridgehead atoms. The van der Waals surface area contributed by atoms with Gasteiger partial charge in [-0.05, 0) is 31.2 Å². The Hall–Kier alpha value is -3.05. The first-order chi connectivity index (χ1) is 14.2. The number of carbonyl (C=O) groups excluding carboxylic acids is 2. The van der Waals surface area contributed by atoms with Crippen molar-refractivity contribution in [2.75, 3.05) is 11.9 Å². The highest BCUT2D eigenvalue weighted by Gasteiger charge is 2.02. The minimum Gasteiger partial charge on any atom is -0.352 e. The minimum absolute atomic E-state index is 0.109. The van der Waals surface area contributed by atoms with Gasteiger partial charge < -0.3 is 10.6 Å². The second-order valence-corrected chi connectivity index (χ2v) is 6.21. The zero-order valence-electron chi connectivity index (χ0n) is 17.4. The standard InChI is InChI=1S/C13H11NOS.C9H13NO.C2H6/c15-10-14-12-8-4-5-9-13(12)16-11-6-2-1-3-7-11;1-4-7-8(5-2)9(11)10-6-3;1-2/h1-10H,(H,14,15);4-5,7H,1-2,6H2,3H3,(H,10,11);1-2H3/b;8-7+;. The molecule has 0 unspecified atom stereocenters. The molecule has 0 aliphatic heterocycles. The van der Waals surface area contributed by atoms with Gasteiger partial charge in [-0.2, -0.15) is 0 Å². The topological polar surface area (TPSA) is 58.2 Å². The summed E-state index contributed by atoms with van der Waals surface area (Å²) in [6.07, 6.45) is 5.39. The van der Waals surface area contributed by atoms with Crippen molar-refractivity contribution in [3.05, 3.63) is 91.6 Å². The monoisotopic (exact) mass is 410 g/mol. The Morgan fingerprint density at radius 3 is 2.21 bits per heavy atom. The van der Waals surface area contributed by atoms with Gasteiger partial charge in [-0.3, -0.25) is 9.59 Å². The van der Waals surface area contributed by atoms with Crippen LogP contribution in [0.5, 0.6) is 0 Å². The highest BCUT2D eigenvalue weighted by atomic mass is 32.2. The molecule has 0 atom stereocenters. The Kier molecular flexibility index (Phi) is 15.3. The summed E-state index contributed by atoms with van der Waals surface area (Å²) < 4.78 is 0. The number of hydrogen-bond acceptors (Lipinski definition) is 3. The average Bonchev–Trinajstić information content (AvgIpc) is 2.76. The fourth-order valence-electron chi connectivity index (χ4n) is 1.98. The Morgan fingerprint density at radius 1 is 1.03 bits per heavy atom. The number of anilines is 1. The SMILES string of the molecule is C=C/C=C(\C=C)C(=O)NCC.CC.O=CNc1ccccc1Sc1ccccc1. The van der Waals surface area contributed by atoms with E-state index in [9.17, 15) is 9.59 Å². The third kappa shape index (κ3) is 10.8. The number of rotatable bonds is 8. The van der Waals surface area contributed by atoms with E-state index in [0.717, 1.165) is 15.5 Å². The zero-order valence-corrected chi connectivity index (χ0v) is 18.2. The summed E-state index contributed by atoms with van der Waals surface area (Å²) in [7, 11) is 0.